The van der Waals surface area contributed by atoms with Crippen LogP contribution in [0.4, 0.5) is 4.39 Å². The van der Waals surface area contributed by atoms with E-state index in [2.05, 4.69) is 4.74 Å². The van der Waals surface area contributed by atoms with E-state index in [0.717, 1.165) is 6.42 Å². The van der Waals surface area contributed by atoms with Crippen molar-refractivity contribution in [3.8, 4) is 0 Å². The molecule has 0 saturated heterocycles. The molecule has 2 nitrogen and oxygen atoms in total. The van der Waals surface area contributed by atoms with Crippen LogP contribution in [0, 0.1) is 0 Å². The van der Waals surface area contributed by atoms with Crippen LogP contribution in [0.25, 0.3) is 0 Å². The normalized spacial score (nSPS) is 11.8. The Hall–Kier alpha value is -1.12. The molecule has 0 aliphatic carbocycles. The van der Waals surface area contributed by atoms with E-state index in [1.54, 1.807) is 13.8 Å². The van der Waals surface area contributed by atoms with Gasteiger partial charge < -0.3 is 4.74 Å². The average Bonchev–Trinajstić information content (AvgIpc) is 2.16. The van der Waals surface area contributed by atoms with Gasteiger partial charge in [-0.05, 0) is 46.1 Å². The lowest BCUT2D eigenvalue weighted by Crippen LogP contribution is -2.06. The summed E-state index contributed by atoms with van der Waals surface area (Å²) in [6, 6.07) is 0. The first kappa shape index (κ1) is 13.9. The second-order valence-corrected chi connectivity index (χ2v) is 3.63. The Labute approximate surface area is 90.8 Å². The number of esters is 1. The zero-order chi connectivity index (χ0) is 11.8. The number of allylic oxidation sites excluding steroid dienone is 3. The smallest absolute Gasteiger partial charge is 0.367 e. The lowest BCUT2D eigenvalue weighted by atomic mass is 10.1. The van der Waals surface area contributed by atoms with E-state index >= 15 is 0 Å². The Kier molecular flexibility index (Phi) is 6.67. The molecular formula is C12H19FO2. The van der Waals surface area contributed by atoms with Crippen molar-refractivity contribution in [2.45, 2.75) is 40.5 Å². The van der Waals surface area contributed by atoms with Gasteiger partial charge in [0, 0.05) is 0 Å². The van der Waals surface area contributed by atoms with Gasteiger partial charge in [0.1, 0.15) is 0 Å². The maximum Gasteiger partial charge on any atom is 0.367 e. The van der Waals surface area contributed by atoms with Crippen molar-refractivity contribution in [3.63, 3.8) is 0 Å². The molecular weight excluding hydrogens is 195 g/mol. The summed E-state index contributed by atoms with van der Waals surface area (Å²) in [5.41, 5.74) is 1.64. The van der Waals surface area contributed by atoms with Crippen LogP contribution in [0.5, 0.6) is 0 Å². The van der Waals surface area contributed by atoms with Crippen LogP contribution in [0.15, 0.2) is 23.0 Å². The highest BCUT2D eigenvalue weighted by atomic mass is 19.1. The molecule has 86 valence electrons. The fourth-order valence-electron chi connectivity index (χ4n) is 1.06. The molecule has 15 heavy (non-hydrogen) atoms. The molecule has 3 heteroatoms. The summed E-state index contributed by atoms with van der Waals surface area (Å²) in [4.78, 5) is 11.0. The standard InChI is InChI=1S/C12H19FO2/c1-5-15-12(14)11(13)10(4)8-6-7-9(2)3/h7H,5-6,8H2,1-4H3/b11-10-. The van der Waals surface area contributed by atoms with Gasteiger partial charge in [0.2, 0.25) is 5.83 Å². The minimum Gasteiger partial charge on any atom is -0.461 e. The Morgan fingerprint density at radius 3 is 2.40 bits per heavy atom. The summed E-state index contributed by atoms with van der Waals surface area (Å²) in [6.45, 7) is 7.45. The lowest BCUT2D eigenvalue weighted by molar-refractivity contribution is -0.140. The van der Waals surface area contributed by atoms with E-state index in [9.17, 15) is 9.18 Å². The van der Waals surface area contributed by atoms with E-state index in [0.29, 0.717) is 12.0 Å². The van der Waals surface area contributed by atoms with Crippen LogP contribution in [-0.4, -0.2) is 12.6 Å². The summed E-state index contributed by atoms with van der Waals surface area (Å²) in [6.07, 6.45) is 3.32. The molecule has 0 unspecified atom stereocenters. The van der Waals surface area contributed by atoms with Crippen LogP contribution < -0.4 is 0 Å². The van der Waals surface area contributed by atoms with E-state index in [1.807, 2.05) is 19.9 Å². The SMILES string of the molecule is CCOC(=O)/C(F)=C(\C)CCC=C(C)C. The van der Waals surface area contributed by atoms with Crippen molar-refractivity contribution in [2.24, 2.45) is 0 Å². The van der Waals surface area contributed by atoms with Gasteiger partial charge >= 0.3 is 5.97 Å². The summed E-state index contributed by atoms with van der Waals surface area (Å²) in [5, 5.41) is 0. The molecule has 0 radical (unpaired) electrons. The third-order valence-electron chi connectivity index (χ3n) is 1.90. The number of carbonyl (C=O) groups excluding carboxylic acids is 1. The fraction of sp³-hybridized carbons (Fsp3) is 0.583. The third-order valence-corrected chi connectivity index (χ3v) is 1.90. The van der Waals surface area contributed by atoms with Crippen LogP contribution in [0.3, 0.4) is 0 Å². The summed E-state index contributed by atoms with van der Waals surface area (Å²) >= 11 is 0. The molecule has 0 amide bonds. The van der Waals surface area contributed by atoms with Crippen LogP contribution in [-0.2, 0) is 9.53 Å². The van der Waals surface area contributed by atoms with Gasteiger partial charge in [-0.15, -0.1) is 0 Å². The number of rotatable bonds is 5. The largest absolute Gasteiger partial charge is 0.461 e. The van der Waals surface area contributed by atoms with Crippen LogP contribution >= 0.6 is 0 Å². The first-order valence-corrected chi connectivity index (χ1v) is 5.14. The molecule has 0 aromatic heterocycles. The highest BCUT2D eigenvalue weighted by Gasteiger charge is 2.12. The Morgan fingerprint density at radius 2 is 1.93 bits per heavy atom. The minimum absolute atomic E-state index is 0.202. The molecule has 0 atom stereocenters. The molecule has 0 fully saturated rings. The van der Waals surface area contributed by atoms with E-state index in [1.165, 1.54) is 5.57 Å². The molecule has 0 spiro atoms. The van der Waals surface area contributed by atoms with Crippen molar-refractivity contribution in [2.75, 3.05) is 6.61 Å². The first-order valence-electron chi connectivity index (χ1n) is 5.14. The number of hydrogen-bond donors (Lipinski definition) is 0. The highest BCUT2D eigenvalue weighted by molar-refractivity contribution is 5.86. The molecule has 0 aliphatic rings. The molecule has 0 bridgehead atoms. The number of hydrogen-bond acceptors (Lipinski definition) is 2. The molecule has 0 heterocycles. The second kappa shape index (κ2) is 7.21. The highest BCUT2D eigenvalue weighted by Crippen LogP contribution is 2.14. The minimum atomic E-state index is -0.854. The molecule has 0 aliphatic heterocycles. The lowest BCUT2D eigenvalue weighted by Gasteiger charge is -2.03. The fourth-order valence-corrected chi connectivity index (χ4v) is 1.06. The van der Waals surface area contributed by atoms with Crippen molar-refractivity contribution >= 4 is 5.97 Å². The van der Waals surface area contributed by atoms with E-state index < -0.39 is 11.8 Å². The molecule has 0 aromatic carbocycles. The number of halogens is 1. The quantitative estimate of drug-likeness (QED) is 0.397. The monoisotopic (exact) mass is 214 g/mol. The topological polar surface area (TPSA) is 26.3 Å². The zero-order valence-electron chi connectivity index (χ0n) is 9.89. The third kappa shape index (κ3) is 6.05. The molecule has 0 aromatic rings. The zero-order valence-corrected chi connectivity index (χ0v) is 9.89. The van der Waals surface area contributed by atoms with E-state index in [-0.39, 0.29) is 6.61 Å². The van der Waals surface area contributed by atoms with Crippen molar-refractivity contribution < 1.29 is 13.9 Å². The van der Waals surface area contributed by atoms with Gasteiger partial charge in [0.15, 0.2) is 0 Å². The van der Waals surface area contributed by atoms with Gasteiger partial charge in [-0.25, -0.2) is 4.79 Å². The van der Waals surface area contributed by atoms with Crippen molar-refractivity contribution in [3.05, 3.63) is 23.0 Å². The predicted octanol–water partition coefficient (Wildman–Crippen LogP) is 3.54. The Balaban J connectivity index is 4.26. The number of ether oxygens (including phenoxy) is 1. The van der Waals surface area contributed by atoms with Gasteiger partial charge in [-0.2, -0.15) is 4.39 Å². The Morgan fingerprint density at radius 1 is 1.33 bits per heavy atom. The molecule has 0 rings (SSSR count). The maximum absolute atomic E-state index is 13.3. The van der Waals surface area contributed by atoms with Crippen LogP contribution in [0.1, 0.15) is 40.5 Å². The van der Waals surface area contributed by atoms with E-state index in [4.69, 9.17) is 0 Å². The Bertz CT molecular complexity index is 273. The van der Waals surface area contributed by atoms with Crippen molar-refractivity contribution in [1.29, 1.82) is 0 Å². The number of carbonyl (C=O) groups is 1. The summed E-state index contributed by atoms with van der Waals surface area (Å²) in [7, 11) is 0. The van der Waals surface area contributed by atoms with Gasteiger partial charge in [-0.3, -0.25) is 0 Å². The molecule has 0 N–H and O–H groups in total. The predicted molar refractivity (Wildman–Crippen MR) is 59.1 cm³/mol. The average molecular weight is 214 g/mol. The van der Waals surface area contributed by atoms with Gasteiger partial charge in [0.05, 0.1) is 6.61 Å². The second-order valence-electron chi connectivity index (χ2n) is 3.63. The molecule has 0 saturated carbocycles. The summed E-state index contributed by atoms with van der Waals surface area (Å²) < 4.78 is 17.9. The van der Waals surface area contributed by atoms with Gasteiger partial charge in [-0.1, -0.05) is 11.6 Å². The van der Waals surface area contributed by atoms with Crippen molar-refractivity contribution in [1.82, 2.24) is 0 Å². The maximum atomic E-state index is 13.3. The summed E-state index contributed by atoms with van der Waals surface area (Å²) in [5.74, 6) is -1.61. The van der Waals surface area contributed by atoms with Crippen LogP contribution in [0.2, 0.25) is 0 Å². The first-order chi connectivity index (χ1) is 6.99. The van der Waals surface area contributed by atoms with Gasteiger partial charge in [0.25, 0.3) is 0 Å².